The Balaban J connectivity index is 2.80. The van der Waals surface area contributed by atoms with Crippen LogP contribution < -0.4 is 15.8 Å². The van der Waals surface area contributed by atoms with Gasteiger partial charge in [0.2, 0.25) is 5.91 Å². The molecule has 0 aromatic heterocycles. The Labute approximate surface area is 112 Å². The SMILES string of the molecule is CNC(CSCC(N)=O)c1cc(C)ccc1OC. The van der Waals surface area contributed by atoms with E-state index in [0.29, 0.717) is 5.75 Å². The number of nitrogens with two attached hydrogens (primary N) is 1. The van der Waals surface area contributed by atoms with Gasteiger partial charge in [-0.05, 0) is 20.0 Å². The Kier molecular flexibility index (Phi) is 6.01. The number of rotatable bonds is 7. The maximum atomic E-state index is 10.7. The van der Waals surface area contributed by atoms with Gasteiger partial charge in [-0.2, -0.15) is 11.8 Å². The lowest BCUT2D eigenvalue weighted by Gasteiger charge is -2.19. The average molecular weight is 268 g/mol. The van der Waals surface area contributed by atoms with Crippen molar-refractivity contribution in [3.63, 3.8) is 0 Å². The van der Waals surface area contributed by atoms with E-state index in [2.05, 4.69) is 11.4 Å². The number of amides is 1. The molecule has 1 aromatic rings. The molecule has 0 spiro atoms. The van der Waals surface area contributed by atoms with E-state index in [9.17, 15) is 4.79 Å². The third-order valence-electron chi connectivity index (χ3n) is 2.64. The Morgan fingerprint density at radius 1 is 1.56 bits per heavy atom. The summed E-state index contributed by atoms with van der Waals surface area (Å²) >= 11 is 1.52. The highest BCUT2D eigenvalue weighted by Crippen LogP contribution is 2.28. The maximum Gasteiger partial charge on any atom is 0.227 e. The van der Waals surface area contributed by atoms with E-state index in [1.165, 1.54) is 17.3 Å². The number of benzene rings is 1. The molecule has 1 amide bonds. The van der Waals surface area contributed by atoms with Crippen LogP contribution in [-0.2, 0) is 4.79 Å². The van der Waals surface area contributed by atoms with E-state index in [1.54, 1.807) is 7.11 Å². The van der Waals surface area contributed by atoms with E-state index >= 15 is 0 Å². The molecular weight excluding hydrogens is 248 g/mol. The van der Waals surface area contributed by atoms with Crippen molar-refractivity contribution in [1.82, 2.24) is 5.32 Å². The van der Waals surface area contributed by atoms with Gasteiger partial charge in [0.05, 0.1) is 12.9 Å². The molecule has 1 unspecified atom stereocenters. The van der Waals surface area contributed by atoms with Gasteiger partial charge in [-0.25, -0.2) is 0 Å². The molecule has 18 heavy (non-hydrogen) atoms. The number of ether oxygens (including phenoxy) is 1. The Morgan fingerprint density at radius 3 is 2.83 bits per heavy atom. The van der Waals surface area contributed by atoms with E-state index < -0.39 is 0 Å². The molecule has 0 aliphatic carbocycles. The van der Waals surface area contributed by atoms with Crippen LogP contribution in [0.4, 0.5) is 0 Å². The van der Waals surface area contributed by atoms with Crippen molar-refractivity contribution in [3.05, 3.63) is 29.3 Å². The van der Waals surface area contributed by atoms with Crippen molar-refractivity contribution in [2.24, 2.45) is 5.73 Å². The molecule has 1 aromatic carbocycles. The molecule has 0 saturated carbocycles. The highest BCUT2D eigenvalue weighted by molar-refractivity contribution is 7.99. The van der Waals surface area contributed by atoms with Gasteiger partial charge < -0.3 is 15.8 Å². The van der Waals surface area contributed by atoms with E-state index in [-0.39, 0.29) is 11.9 Å². The number of hydrogen-bond donors (Lipinski definition) is 2. The van der Waals surface area contributed by atoms with Gasteiger partial charge in [-0.1, -0.05) is 17.7 Å². The van der Waals surface area contributed by atoms with Gasteiger partial charge in [0.15, 0.2) is 0 Å². The van der Waals surface area contributed by atoms with Crippen molar-refractivity contribution >= 4 is 17.7 Å². The molecule has 1 rings (SSSR count). The van der Waals surface area contributed by atoms with Gasteiger partial charge in [0.1, 0.15) is 5.75 Å². The van der Waals surface area contributed by atoms with Crippen molar-refractivity contribution < 1.29 is 9.53 Å². The molecule has 3 N–H and O–H groups in total. The van der Waals surface area contributed by atoms with Crippen LogP contribution in [0.15, 0.2) is 18.2 Å². The fraction of sp³-hybridized carbons (Fsp3) is 0.462. The van der Waals surface area contributed by atoms with Crippen molar-refractivity contribution in [2.45, 2.75) is 13.0 Å². The number of nitrogens with one attached hydrogen (secondary N) is 1. The largest absolute Gasteiger partial charge is 0.496 e. The zero-order chi connectivity index (χ0) is 13.5. The smallest absolute Gasteiger partial charge is 0.227 e. The first-order chi connectivity index (χ1) is 8.58. The number of thioether (sulfide) groups is 1. The molecule has 5 heteroatoms. The quantitative estimate of drug-likeness (QED) is 0.786. The average Bonchev–Trinajstić information content (AvgIpc) is 2.34. The van der Waals surface area contributed by atoms with Gasteiger partial charge in [-0.3, -0.25) is 4.79 Å². The van der Waals surface area contributed by atoms with Crippen molar-refractivity contribution in [2.75, 3.05) is 25.7 Å². The van der Waals surface area contributed by atoms with Gasteiger partial charge in [0.25, 0.3) is 0 Å². The van der Waals surface area contributed by atoms with Gasteiger partial charge >= 0.3 is 0 Å². The minimum Gasteiger partial charge on any atom is -0.496 e. The third kappa shape index (κ3) is 4.23. The highest BCUT2D eigenvalue weighted by atomic mass is 32.2. The lowest BCUT2D eigenvalue weighted by molar-refractivity contribution is -0.115. The molecule has 0 aliphatic heterocycles. The van der Waals surface area contributed by atoms with Crippen LogP contribution in [0.25, 0.3) is 0 Å². The van der Waals surface area contributed by atoms with Crippen LogP contribution in [-0.4, -0.2) is 31.6 Å². The summed E-state index contributed by atoms with van der Waals surface area (Å²) in [5, 5.41) is 3.24. The van der Waals surface area contributed by atoms with Crippen LogP contribution in [0.1, 0.15) is 17.2 Å². The van der Waals surface area contributed by atoms with Gasteiger partial charge in [-0.15, -0.1) is 0 Å². The number of carbonyl (C=O) groups is 1. The molecule has 0 saturated heterocycles. The van der Waals surface area contributed by atoms with Crippen LogP contribution >= 0.6 is 11.8 Å². The summed E-state index contributed by atoms with van der Waals surface area (Å²) in [7, 11) is 3.56. The molecular formula is C13H20N2O2S. The standard InChI is InChI=1S/C13H20N2O2S/c1-9-4-5-12(17-3)10(6-9)11(15-2)7-18-8-13(14)16/h4-6,11,15H,7-8H2,1-3H3,(H2,14,16). The summed E-state index contributed by atoms with van der Waals surface area (Å²) in [5.74, 6) is 1.69. The van der Waals surface area contributed by atoms with Crippen molar-refractivity contribution in [3.8, 4) is 5.75 Å². The molecule has 0 bridgehead atoms. The second-order valence-electron chi connectivity index (χ2n) is 4.07. The number of primary amides is 1. The van der Waals surface area contributed by atoms with E-state index in [1.807, 2.05) is 26.1 Å². The summed E-state index contributed by atoms with van der Waals surface area (Å²) in [4.78, 5) is 10.7. The van der Waals surface area contributed by atoms with E-state index in [4.69, 9.17) is 10.5 Å². The first-order valence-electron chi connectivity index (χ1n) is 5.76. The van der Waals surface area contributed by atoms with Crippen LogP contribution in [0.5, 0.6) is 5.75 Å². The molecule has 4 nitrogen and oxygen atoms in total. The lowest BCUT2D eigenvalue weighted by atomic mass is 10.0. The van der Waals surface area contributed by atoms with Crippen molar-refractivity contribution in [1.29, 1.82) is 0 Å². The summed E-state index contributed by atoms with van der Waals surface area (Å²) in [6.45, 7) is 2.05. The second-order valence-corrected chi connectivity index (χ2v) is 5.10. The second kappa shape index (κ2) is 7.28. The third-order valence-corrected chi connectivity index (χ3v) is 3.70. The summed E-state index contributed by atoms with van der Waals surface area (Å²) in [5.41, 5.74) is 7.43. The minimum absolute atomic E-state index is 0.143. The number of carbonyl (C=O) groups excluding carboxylic acids is 1. The number of hydrogen-bond acceptors (Lipinski definition) is 4. The predicted octanol–water partition coefficient (Wildman–Crippen LogP) is 1.48. The topological polar surface area (TPSA) is 64.3 Å². The van der Waals surface area contributed by atoms with Crippen LogP contribution in [0.2, 0.25) is 0 Å². The zero-order valence-electron chi connectivity index (χ0n) is 11.0. The number of aryl methyl sites for hydroxylation is 1. The lowest BCUT2D eigenvalue weighted by Crippen LogP contribution is -2.21. The summed E-state index contributed by atoms with van der Waals surface area (Å²) in [6, 6.07) is 6.23. The molecule has 0 fully saturated rings. The molecule has 1 atom stereocenters. The Bertz CT molecular complexity index is 410. The first-order valence-corrected chi connectivity index (χ1v) is 6.91. The molecule has 0 heterocycles. The first kappa shape index (κ1) is 14.9. The summed E-state index contributed by atoms with van der Waals surface area (Å²) in [6.07, 6.45) is 0. The minimum atomic E-state index is -0.286. The molecule has 0 aliphatic rings. The Hall–Kier alpha value is -1.20. The Morgan fingerprint density at radius 2 is 2.28 bits per heavy atom. The van der Waals surface area contributed by atoms with Crippen LogP contribution in [0, 0.1) is 6.92 Å². The van der Waals surface area contributed by atoms with E-state index in [0.717, 1.165) is 17.1 Å². The molecule has 100 valence electrons. The van der Waals surface area contributed by atoms with Crippen LogP contribution in [0.3, 0.4) is 0 Å². The fourth-order valence-corrected chi connectivity index (χ4v) is 2.63. The molecule has 0 radical (unpaired) electrons. The fourth-order valence-electron chi connectivity index (χ4n) is 1.73. The number of methoxy groups -OCH3 is 1. The normalized spacial score (nSPS) is 12.2. The summed E-state index contributed by atoms with van der Waals surface area (Å²) < 4.78 is 5.37. The highest BCUT2D eigenvalue weighted by Gasteiger charge is 2.15. The zero-order valence-corrected chi connectivity index (χ0v) is 11.8. The maximum absolute atomic E-state index is 10.7. The predicted molar refractivity (Wildman–Crippen MR) is 76.1 cm³/mol. The monoisotopic (exact) mass is 268 g/mol. The van der Waals surface area contributed by atoms with Gasteiger partial charge in [0, 0.05) is 17.4 Å².